The molecule has 4 heteroatoms. The van der Waals surface area contributed by atoms with E-state index in [4.69, 9.17) is 0 Å². The summed E-state index contributed by atoms with van der Waals surface area (Å²) < 4.78 is 0.785. The first-order valence-electron chi connectivity index (χ1n) is 5.14. The molecule has 86 valence electrons. The van der Waals surface area contributed by atoms with Crippen molar-refractivity contribution in [2.75, 3.05) is 11.9 Å². The minimum atomic E-state index is -0.0869. The number of anilines is 1. The fourth-order valence-corrected chi connectivity index (χ4v) is 1.93. The SMILES string of the molecule is CN(C(=O)c1ccccc1Br)c1ccccn1. The van der Waals surface area contributed by atoms with Crippen molar-refractivity contribution in [2.24, 2.45) is 0 Å². The average Bonchev–Trinajstić information content (AvgIpc) is 2.39. The number of benzene rings is 1. The second-order valence-electron chi connectivity index (χ2n) is 3.53. The fraction of sp³-hybridized carbons (Fsp3) is 0.0769. The molecule has 0 atom stereocenters. The predicted molar refractivity (Wildman–Crippen MR) is 71.1 cm³/mol. The minimum Gasteiger partial charge on any atom is -0.296 e. The normalized spacial score (nSPS) is 10.0. The van der Waals surface area contributed by atoms with E-state index in [0.29, 0.717) is 11.4 Å². The summed E-state index contributed by atoms with van der Waals surface area (Å²) in [6, 6.07) is 12.8. The molecule has 0 saturated carbocycles. The van der Waals surface area contributed by atoms with Crippen molar-refractivity contribution in [3.63, 3.8) is 0 Å². The highest BCUT2D eigenvalue weighted by molar-refractivity contribution is 9.10. The van der Waals surface area contributed by atoms with Crippen LogP contribution < -0.4 is 4.90 Å². The zero-order valence-corrected chi connectivity index (χ0v) is 10.9. The van der Waals surface area contributed by atoms with E-state index in [0.717, 1.165) is 4.47 Å². The molecule has 0 aliphatic heterocycles. The number of hydrogen-bond acceptors (Lipinski definition) is 2. The standard InChI is InChI=1S/C13H11BrN2O/c1-16(12-8-4-5-9-15-12)13(17)10-6-2-3-7-11(10)14/h2-9H,1H3. The zero-order chi connectivity index (χ0) is 12.3. The zero-order valence-electron chi connectivity index (χ0n) is 9.30. The summed E-state index contributed by atoms with van der Waals surface area (Å²) in [5.74, 6) is 0.546. The molecule has 2 rings (SSSR count). The maximum atomic E-state index is 12.2. The van der Waals surface area contributed by atoms with E-state index >= 15 is 0 Å². The second-order valence-corrected chi connectivity index (χ2v) is 4.39. The Morgan fingerprint density at radius 3 is 2.53 bits per heavy atom. The van der Waals surface area contributed by atoms with Crippen molar-refractivity contribution < 1.29 is 4.79 Å². The number of aromatic nitrogens is 1. The van der Waals surface area contributed by atoms with E-state index < -0.39 is 0 Å². The largest absolute Gasteiger partial charge is 0.296 e. The van der Waals surface area contributed by atoms with Gasteiger partial charge in [-0.1, -0.05) is 18.2 Å². The number of nitrogens with zero attached hydrogens (tertiary/aromatic N) is 2. The Kier molecular flexibility index (Phi) is 3.54. The van der Waals surface area contributed by atoms with Gasteiger partial charge in [-0.15, -0.1) is 0 Å². The van der Waals surface area contributed by atoms with Gasteiger partial charge in [0.2, 0.25) is 0 Å². The first-order chi connectivity index (χ1) is 8.20. The lowest BCUT2D eigenvalue weighted by molar-refractivity contribution is 0.0991. The van der Waals surface area contributed by atoms with Gasteiger partial charge >= 0.3 is 0 Å². The molecule has 1 heterocycles. The molecule has 0 saturated heterocycles. The van der Waals surface area contributed by atoms with E-state index in [1.807, 2.05) is 30.3 Å². The lowest BCUT2D eigenvalue weighted by atomic mass is 10.2. The molecule has 17 heavy (non-hydrogen) atoms. The van der Waals surface area contributed by atoms with Crippen LogP contribution >= 0.6 is 15.9 Å². The highest BCUT2D eigenvalue weighted by Crippen LogP contribution is 2.19. The summed E-state index contributed by atoms with van der Waals surface area (Å²) in [5, 5.41) is 0. The van der Waals surface area contributed by atoms with Crippen molar-refractivity contribution in [3.05, 3.63) is 58.7 Å². The summed E-state index contributed by atoms with van der Waals surface area (Å²) >= 11 is 3.37. The summed E-state index contributed by atoms with van der Waals surface area (Å²) in [6.45, 7) is 0. The Bertz CT molecular complexity index is 528. The van der Waals surface area contributed by atoms with Gasteiger partial charge in [0.1, 0.15) is 5.82 Å². The lowest BCUT2D eigenvalue weighted by Crippen LogP contribution is -2.27. The van der Waals surface area contributed by atoms with Crippen molar-refractivity contribution in [1.29, 1.82) is 0 Å². The van der Waals surface area contributed by atoms with Crippen LogP contribution in [0.2, 0.25) is 0 Å². The molecule has 1 aromatic carbocycles. The van der Waals surface area contributed by atoms with Crippen molar-refractivity contribution in [1.82, 2.24) is 4.98 Å². The molecule has 0 fully saturated rings. The van der Waals surface area contributed by atoms with Gasteiger partial charge in [-0.05, 0) is 40.2 Å². The molecule has 0 aliphatic carbocycles. The number of rotatable bonds is 2. The number of carbonyl (C=O) groups is 1. The van der Waals surface area contributed by atoms with Crippen LogP contribution in [0.25, 0.3) is 0 Å². The molecule has 0 N–H and O–H groups in total. The number of amides is 1. The minimum absolute atomic E-state index is 0.0869. The Labute approximate surface area is 108 Å². The molecular weight excluding hydrogens is 280 g/mol. The van der Waals surface area contributed by atoms with Gasteiger partial charge < -0.3 is 0 Å². The van der Waals surface area contributed by atoms with E-state index in [1.165, 1.54) is 4.90 Å². The fourth-order valence-electron chi connectivity index (χ4n) is 1.47. The van der Waals surface area contributed by atoms with Crippen LogP contribution in [0.5, 0.6) is 0 Å². The van der Waals surface area contributed by atoms with Crippen molar-refractivity contribution >= 4 is 27.7 Å². The van der Waals surface area contributed by atoms with E-state index in [-0.39, 0.29) is 5.91 Å². The number of halogens is 1. The van der Waals surface area contributed by atoms with E-state index in [1.54, 1.807) is 25.4 Å². The molecule has 0 aliphatic rings. The molecule has 3 nitrogen and oxygen atoms in total. The molecule has 0 radical (unpaired) electrons. The predicted octanol–water partition coefficient (Wildman–Crippen LogP) is 3.12. The molecule has 1 amide bonds. The third kappa shape index (κ3) is 2.53. The van der Waals surface area contributed by atoms with Gasteiger partial charge in [-0.25, -0.2) is 4.98 Å². The third-order valence-corrected chi connectivity index (χ3v) is 3.09. The Morgan fingerprint density at radius 1 is 1.18 bits per heavy atom. The Hall–Kier alpha value is -1.68. The molecular formula is C13H11BrN2O. The van der Waals surface area contributed by atoms with Crippen LogP contribution in [-0.4, -0.2) is 17.9 Å². The highest BCUT2D eigenvalue weighted by Gasteiger charge is 2.16. The first kappa shape index (κ1) is 11.8. The van der Waals surface area contributed by atoms with Crippen LogP contribution in [0.15, 0.2) is 53.1 Å². The van der Waals surface area contributed by atoms with Crippen LogP contribution in [0, 0.1) is 0 Å². The van der Waals surface area contributed by atoms with E-state index in [9.17, 15) is 4.79 Å². The first-order valence-corrected chi connectivity index (χ1v) is 5.93. The van der Waals surface area contributed by atoms with Crippen molar-refractivity contribution in [3.8, 4) is 0 Å². The summed E-state index contributed by atoms with van der Waals surface area (Å²) in [5.41, 5.74) is 0.626. The molecule has 0 bridgehead atoms. The number of carbonyl (C=O) groups excluding carboxylic acids is 1. The monoisotopic (exact) mass is 290 g/mol. The Balaban J connectivity index is 2.30. The summed E-state index contributed by atoms with van der Waals surface area (Å²) in [4.78, 5) is 17.9. The highest BCUT2D eigenvalue weighted by atomic mass is 79.9. The number of pyridine rings is 1. The summed E-state index contributed by atoms with van der Waals surface area (Å²) in [7, 11) is 1.71. The topological polar surface area (TPSA) is 33.2 Å². The number of hydrogen-bond donors (Lipinski definition) is 0. The quantitative estimate of drug-likeness (QED) is 0.851. The van der Waals surface area contributed by atoms with E-state index in [2.05, 4.69) is 20.9 Å². The lowest BCUT2D eigenvalue weighted by Gasteiger charge is -2.16. The van der Waals surface area contributed by atoms with Gasteiger partial charge in [-0.2, -0.15) is 0 Å². The van der Waals surface area contributed by atoms with Crippen LogP contribution in [-0.2, 0) is 0 Å². The molecule has 0 unspecified atom stereocenters. The maximum Gasteiger partial charge on any atom is 0.260 e. The second kappa shape index (κ2) is 5.10. The smallest absolute Gasteiger partial charge is 0.260 e. The van der Waals surface area contributed by atoms with Gasteiger partial charge in [0, 0.05) is 17.7 Å². The Morgan fingerprint density at radius 2 is 1.88 bits per heavy atom. The summed E-state index contributed by atoms with van der Waals surface area (Å²) in [6.07, 6.45) is 1.67. The molecule has 2 aromatic rings. The maximum absolute atomic E-state index is 12.2. The van der Waals surface area contributed by atoms with Gasteiger partial charge in [0.25, 0.3) is 5.91 Å². The van der Waals surface area contributed by atoms with Gasteiger partial charge in [-0.3, -0.25) is 9.69 Å². The van der Waals surface area contributed by atoms with Crippen LogP contribution in [0.1, 0.15) is 10.4 Å². The third-order valence-electron chi connectivity index (χ3n) is 2.40. The van der Waals surface area contributed by atoms with Crippen LogP contribution in [0.4, 0.5) is 5.82 Å². The van der Waals surface area contributed by atoms with Crippen LogP contribution in [0.3, 0.4) is 0 Å². The van der Waals surface area contributed by atoms with Gasteiger partial charge in [0.15, 0.2) is 0 Å². The molecule has 1 aromatic heterocycles. The van der Waals surface area contributed by atoms with Crippen molar-refractivity contribution in [2.45, 2.75) is 0 Å². The average molecular weight is 291 g/mol. The molecule has 0 spiro atoms. The van der Waals surface area contributed by atoms with Gasteiger partial charge in [0.05, 0.1) is 5.56 Å².